The second-order valence-electron chi connectivity index (χ2n) is 6.47. The molecule has 3 unspecified atom stereocenters. The van der Waals surface area contributed by atoms with Crippen molar-refractivity contribution in [3.63, 3.8) is 0 Å². The summed E-state index contributed by atoms with van der Waals surface area (Å²) in [6, 6.07) is 1.19. The fourth-order valence-electron chi connectivity index (χ4n) is 2.98. The van der Waals surface area contributed by atoms with Crippen molar-refractivity contribution in [1.82, 2.24) is 9.55 Å². The second-order valence-corrected chi connectivity index (χ2v) is 8.29. The van der Waals surface area contributed by atoms with Gasteiger partial charge in [0.1, 0.15) is 18.3 Å². The van der Waals surface area contributed by atoms with Gasteiger partial charge in [-0.25, -0.2) is 4.79 Å². The number of nitrogens with zero attached hydrogens (tertiary/aromatic N) is 1. The summed E-state index contributed by atoms with van der Waals surface area (Å²) in [6.07, 6.45) is -2.73. The normalized spacial score (nSPS) is 29.7. The largest absolute Gasteiger partial charge is 0.374 e. The summed E-state index contributed by atoms with van der Waals surface area (Å²) in [5.74, 6) is 0. The van der Waals surface area contributed by atoms with Crippen LogP contribution in [0.15, 0.2) is 21.9 Å². The van der Waals surface area contributed by atoms with Gasteiger partial charge in [-0.3, -0.25) is 18.9 Å². The maximum atomic E-state index is 12.1. The summed E-state index contributed by atoms with van der Waals surface area (Å²) in [4.78, 5) is 35.1. The Labute approximate surface area is 150 Å². The van der Waals surface area contributed by atoms with Gasteiger partial charge < -0.3 is 23.6 Å². The molecule has 1 aromatic rings. The van der Waals surface area contributed by atoms with E-state index in [1.54, 1.807) is 6.92 Å². The van der Waals surface area contributed by atoms with E-state index in [1.165, 1.54) is 23.9 Å². The first-order valence-corrected chi connectivity index (χ1v) is 10.2. The fourth-order valence-corrected chi connectivity index (χ4v) is 3.72. The van der Waals surface area contributed by atoms with Gasteiger partial charge in [0.25, 0.3) is 5.56 Å². The highest BCUT2D eigenvalue weighted by atomic mass is 31.2. The Hall–Kier alpha value is -1.29. The third-order valence-corrected chi connectivity index (χ3v) is 4.60. The van der Waals surface area contributed by atoms with Gasteiger partial charge in [0, 0.05) is 26.0 Å². The Morgan fingerprint density at radius 3 is 2.46 bits per heavy atom. The molecule has 26 heavy (non-hydrogen) atoms. The van der Waals surface area contributed by atoms with Crippen LogP contribution in [0.25, 0.3) is 0 Å². The third-order valence-electron chi connectivity index (χ3n) is 3.88. The number of nitrogens with one attached hydrogen (secondary N) is 1. The Kier molecular flexibility index (Phi) is 6.60. The fraction of sp³-hybridized carbons (Fsp3) is 0.733. The Morgan fingerprint density at radius 1 is 1.31 bits per heavy atom. The van der Waals surface area contributed by atoms with Gasteiger partial charge in [-0.15, -0.1) is 0 Å². The van der Waals surface area contributed by atoms with Crippen LogP contribution < -0.4 is 11.2 Å². The highest BCUT2D eigenvalue weighted by molar-refractivity contribution is 7.51. The minimum absolute atomic E-state index is 0.190. The number of hydrogen-bond donors (Lipinski definition) is 2. The van der Waals surface area contributed by atoms with E-state index in [4.69, 9.17) is 18.7 Å². The van der Waals surface area contributed by atoms with E-state index in [2.05, 4.69) is 4.98 Å². The summed E-state index contributed by atoms with van der Waals surface area (Å²) in [7, 11) is -2.32. The summed E-state index contributed by atoms with van der Waals surface area (Å²) >= 11 is 0. The standard InChI is InChI=1S/C15H25N2O8P/c1-8(2)23-12-11(9(3)25-26(5,20)21)24-14(13(12)22-4)17-7-6-10(18)16-15(17)19/h6-9,11-14H,1-5H3,(H,20,21)(H,16,18,19)/t9-,11+,12?,13?,14+/m0/s1. The summed E-state index contributed by atoms with van der Waals surface area (Å²) < 4.78 is 35.3. The molecule has 1 aromatic heterocycles. The van der Waals surface area contributed by atoms with E-state index in [9.17, 15) is 19.0 Å². The lowest BCUT2D eigenvalue weighted by Crippen LogP contribution is -2.43. The van der Waals surface area contributed by atoms with Crippen LogP contribution in [0, 0.1) is 0 Å². The van der Waals surface area contributed by atoms with E-state index in [1.807, 2.05) is 13.8 Å². The van der Waals surface area contributed by atoms with Crippen LogP contribution >= 0.6 is 7.60 Å². The smallest absolute Gasteiger partial charge is 0.330 e. The van der Waals surface area contributed by atoms with Gasteiger partial charge in [-0.2, -0.15) is 0 Å². The molecule has 6 atom stereocenters. The maximum absolute atomic E-state index is 12.1. The molecule has 0 aromatic carbocycles. The van der Waals surface area contributed by atoms with E-state index >= 15 is 0 Å². The van der Waals surface area contributed by atoms with Crippen LogP contribution in [0.4, 0.5) is 0 Å². The van der Waals surface area contributed by atoms with Crippen molar-refractivity contribution >= 4 is 7.60 Å². The molecule has 0 amide bonds. The molecule has 2 N–H and O–H groups in total. The second kappa shape index (κ2) is 8.16. The Bertz CT molecular complexity index is 769. The molecular formula is C15H25N2O8P. The van der Waals surface area contributed by atoms with Gasteiger partial charge in [0.15, 0.2) is 6.23 Å². The van der Waals surface area contributed by atoms with Gasteiger partial charge in [-0.1, -0.05) is 0 Å². The molecule has 0 radical (unpaired) electrons. The minimum Gasteiger partial charge on any atom is -0.374 e. The summed E-state index contributed by atoms with van der Waals surface area (Å²) in [5, 5.41) is 0. The molecule has 0 bridgehead atoms. The molecule has 10 nitrogen and oxygen atoms in total. The van der Waals surface area contributed by atoms with Gasteiger partial charge in [0.2, 0.25) is 0 Å². The topological polar surface area (TPSA) is 129 Å². The predicted molar refractivity (Wildman–Crippen MR) is 92.3 cm³/mol. The van der Waals surface area contributed by atoms with Crippen molar-refractivity contribution in [2.45, 2.75) is 57.5 Å². The zero-order valence-corrected chi connectivity index (χ0v) is 16.2. The molecule has 1 saturated heterocycles. The lowest BCUT2D eigenvalue weighted by atomic mass is 10.1. The number of aromatic nitrogens is 2. The molecule has 0 saturated carbocycles. The van der Waals surface area contributed by atoms with Crippen LogP contribution in [0.3, 0.4) is 0 Å². The molecular weight excluding hydrogens is 367 g/mol. The average molecular weight is 392 g/mol. The Morgan fingerprint density at radius 2 is 1.96 bits per heavy atom. The quantitative estimate of drug-likeness (QED) is 0.641. The zero-order chi connectivity index (χ0) is 19.6. The highest BCUT2D eigenvalue weighted by Gasteiger charge is 2.50. The van der Waals surface area contributed by atoms with E-state index in [0.29, 0.717) is 0 Å². The van der Waals surface area contributed by atoms with Crippen LogP contribution in [0.1, 0.15) is 27.0 Å². The number of ether oxygens (including phenoxy) is 3. The SMILES string of the molecule is COC1C(OC(C)C)[C@@H]([C@H](C)OP(C)(=O)O)O[C@H]1n1ccc(=O)[nH]c1=O. The molecule has 0 aliphatic carbocycles. The summed E-state index contributed by atoms with van der Waals surface area (Å²) in [6.45, 7) is 6.31. The molecule has 11 heteroatoms. The van der Waals surface area contributed by atoms with E-state index in [0.717, 1.165) is 6.66 Å². The van der Waals surface area contributed by atoms with Crippen LogP contribution in [-0.2, 0) is 23.3 Å². The molecule has 148 valence electrons. The van der Waals surface area contributed by atoms with Gasteiger partial charge >= 0.3 is 13.3 Å². The lowest BCUT2D eigenvalue weighted by molar-refractivity contribution is -0.0990. The first-order chi connectivity index (χ1) is 12.0. The number of methoxy groups -OCH3 is 1. The molecule has 2 heterocycles. The van der Waals surface area contributed by atoms with E-state index < -0.39 is 49.5 Å². The summed E-state index contributed by atoms with van der Waals surface area (Å²) in [5.41, 5.74) is -1.20. The zero-order valence-electron chi connectivity index (χ0n) is 15.3. The first kappa shape index (κ1) is 21.0. The van der Waals surface area contributed by atoms with Crippen molar-refractivity contribution in [2.24, 2.45) is 0 Å². The third kappa shape index (κ3) is 4.91. The maximum Gasteiger partial charge on any atom is 0.330 e. The number of hydrogen-bond acceptors (Lipinski definition) is 7. The van der Waals surface area contributed by atoms with Crippen molar-refractivity contribution in [3.8, 4) is 0 Å². The molecule has 1 aliphatic heterocycles. The van der Waals surface area contributed by atoms with Crippen molar-refractivity contribution < 1.29 is 28.2 Å². The van der Waals surface area contributed by atoms with Gasteiger partial charge in [-0.05, 0) is 20.8 Å². The number of rotatable bonds is 7. The monoisotopic (exact) mass is 392 g/mol. The minimum atomic E-state index is -3.76. The van der Waals surface area contributed by atoms with Crippen LogP contribution in [0.2, 0.25) is 0 Å². The predicted octanol–water partition coefficient (Wildman–Crippen LogP) is 0.463. The van der Waals surface area contributed by atoms with Gasteiger partial charge in [0.05, 0.1) is 12.2 Å². The highest BCUT2D eigenvalue weighted by Crippen LogP contribution is 2.43. The van der Waals surface area contributed by atoms with Crippen molar-refractivity contribution in [1.29, 1.82) is 0 Å². The molecule has 1 fully saturated rings. The van der Waals surface area contributed by atoms with Crippen LogP contribution in [-0.4, -0.2) is 58.7 Å². The lowest BCUT2D eigenvalue weighted by Gasteiger charge is -2.28. The number of H-pyrrole nitrogens is 1. The van der Waals surface area contributed by atoms with Crippen molar-refractivity contribution in [3.05, 3.63) is 33.1 Å². The average Bonchev–Trinajstić information content (AvgIpc) is 2.83. The Balaban J connectivity index is 2.40. The van der Waals surface area contributed by atoms with Crippen molar-refractivity contribution in [2.75, 3.05) is 13.8 Å². The molecule has 2 rings (SSSR count). The first-order valence-electron chi connectivity index (χ1n) is 8.17. The number of aromatic amines is 1. The van der Waals surface area contributed by atoms with Crippen LogP contribution in [0.5, 0.6) is 0 Å². The van der Waals surface area contributed by atoms with E-state index in [-0.39, 0.29) is 6.10 Å². The molecule has 1 aliphatic rings. The molecule has 0 spiro atoms.